The normalized spacial score (nSPS) is 11.9. The second-order valence-corrected chi connectivity index (χ2v) is 4.69. The zero-order valence-electron chi connectivity index (χ0n) is 12.1. The van der Waals surface area contributed by atoms with Gasteiger partial charge in [0.15, 0.2) is 5.43 Å². The number of ether oxygens (including phenoxy) is 1. The molecule has 0 unspecified atom stereocenters. The van der Waals surface area contributed by atoms with Crippen molar-refractivity contribution in [2.45, 2.75) is 13.0 Å². The van der Waals surface area contributed by atoms with E-state index in [9.17, 15) is 14.7 Å². The molecule has 22 heavy (non-hydrogen) atoms. The summed E-state index contributed by atoms with van der Waals surface area (Å²) in [5.74, 6) is -1.62. The molecule has 0 atom stereocenters. The van der Waals surface area contributed by atoms with E-state index in [2.05, 4.69) is 4.98 Å². The smallest absolute Gasteiger partial charge is 0.869 e. The third kappa shape index (κ3) is 2.90. The van der Waals surface area contributed by atoms with Gasteiger partial charge in [-0.3, -0.25) is 4.79 Å². The van der Waals surface area contributed by atoms with Crippen molar-refractivity contribution < 1.29 is 77.9 Å². The fourth-order valence-corrected chi connectivity index (χ4v) is 2.44. The zero-order chi connectivity index (χ0) is 15.1. The molecule has 0 spiro atoms. The number of fused-ring (bicyclic) bond motifs is 3. The van der Waals surface area contributed by atoms with E-state index in [1.807, 2.05) is 0 Å². The third-order valence-corrected chi connectivity index (χ3v) is 3.45. The van der Waals surface area contributed by atoms with E-state index in [1.54, 1.807) is 4.57 Å². The van der Waals surface area contributed by atoms with Crippen LogP contribution in [0, 0.1) is 0 Å². The van der Waals surface area contributed by atoms with Gasteiger partial charge in [0.1, 0.15) is 5.56 Å². The van der Waals surface area contributed by atoms with Gasteiger partial charge in [-0.15, -0.1) is 0 Å². The Morgan fingerprint density at radius 1 is 1.45 bits per heavy atom. The van der Waals surface area contributed by atoms with Crippen LogP contribution in [-0.4, -0.2) is 27.7 Å². The summed E-state index contributed by atoms with van der Waals surface area (Å²) in [4.78, 5) is 27.0. The van der Waals surface area contributed by atoms with E-state index in [1.165, 1.54) is 25.4 Å². The number of hydrogen-bond donors (Lipinski definition) is 1. The van der Waals surface area contributed by atoms with Crippen molar-refractivity contribution in [1.82, 2.24) is 9.55 Å². The van der Waals surface area contributed by atoms with Crippen LogP contribution in [0.3, 0.4) is 0 Å². The number of nitrogens with zero attached hydrogens (tertiary/aromatic N) is 2. The molecule has 8 heteroatoms. The molecule has 2 aromatic rings. The number of aryl methyl sites for hydroxylation is 2. The van der Waals surface area contributed by atoms with Crippen molar-refractivity contribution >= 4 is 5.97 Å². The molecule has 2 aromatic heterocycles. The SMILES string of the molecule is COc1nc2c(cc1[O-])CCn1cc(C(=O)O)c(=O)cc1-2.[Rb+]. The van der Waals surface area contributed by atoms with Crippen LogP contribution in [-0.2, 0) is 13.0 Å². The zero-order valence-corrected chi connectivity index (χ0v) is 17.0. The molecule has 0 amide bonds. The van der Waals surface area contributed by atoms with Crippen molar-refractivity contribution in [1.29, 1.82) is 0 Å². The standard InChI is InChI=1S/C14H12N2O5.Rb/c1-21-13-11(18)4-7-2-3-16-6-8(14(19)20)10(17)5-9(16)12(7)15-13;/h4-6,18H,2-3H2,1H3,(H,19,20);/q;+1/p-1. The third-order valence-electron chi connectivity index (χ3n) is 3.45. The van der Waals surface area contributed by atoms with Crippen molar-refractivity contribution in [2.24, 2.45) is 0 Å². The molecule has 1 aliphatic heterocycles. The quantitative estimate of drug-likeness (QED) is 0.613. The fraction of sp³-hybridized carbons (Fsp3) is 0.214. The number of carboxylic acids is 1. The van der Waals surface area contributed by atoms with Gasteiger partial charge in [-0.25, -0.2) is 9.78 Å². The second kappa shape index (κ2) is 6.61. The summed E-state index contributed by atoms with van der Waals surface area (Å²) in [6.45, 7) is 0.482. The van der Waals surface area contributed by atoms with Crippen LogP contribution in [0.15, 0.2) is 23.1 Å². The van der Waals surface area contributed by atoms with Crippen molar-refractivity contribution in [3.8, 4) is 23.0 Å². The average Bonchev–Trinajstić information content (AvgIpc) is 2.45. The maximum absolute atomic E-state index is 11.8. The Bertz CT molecular complexity index is 816. The van der Waals surface area contributed by atoms with E-state index in [4.69, 9.17) is 9.84 Å². The first-order valence-corrected chi connectivity index (χ1v) is 6.24. The fourth-order valence-electron chi connectivity index (χ4n) is 2.44. The minimum absolute atomic E-state index is 0. The molecule has 0 aliphatic carbocycles. The van der Waals surface area contributed by atoms with Gasteiger partial charge in [0.25, 0.3) is 0 Å². The van der Waals surface area contributed by atoms with Gasteiger partial charge in [0, 0.05) is 18.8 Å². The second-order valence-electron chi connectivity index (χ2n) is 4.69. The minimum atomic E-state index is -1.26. The van der Waals surface area contributed by atoms with E-state index in [-0.39, 0.29) is 75.4 Å². The number of carboxylic acid groups (broad SMARTS) is 1. The number of aromatic nitrogens is 2. The first kappa shape index (κ1) is 17.3. The van der Waals surface area contributed by atoms with Crippen LogP contribution in [0.4, 0.5) is 0 Å². The Labute approximate surface area is 174 Å². The largest absolute Gasteiger partial charge is 1.00 e. The molecule has 0 radical (unpaired) electrons. The van der Waals surface area contributed by atoms with Crippen molar-refractivity contribution in [3.05, 3.63) is 39.7 Å². The Hall–Kier alpha value is -1.02. The molecule has 0 fully saturated rings. The number of pyridine rings is 2. The Balaban J connectivity index is 0.00000176. The number of carbonyl (C=O) groups is 1. The minimum Gasteiger partial charge on any atom is -0.869 e. The summed E-state index contributed by atoms with van der Waals surface area (Å²) >= 11 is 0. The molecule has 0 bridgehead atoms. The van der Waals surface area contributed by atoms with Gasteiger partial charge in [-0.05, 0) is 17.7 Å². The topological polar surface area (TPSA) is 104 Å². The molecular formula is C14H11N2O5Rb. The molecule has 3 rings (SSSR count). The van der Waals surface area contributed by atoms with E-state index in [0.717, 1.165) is 5.56 Å². The van der Waals surface area contributed by atoms with Crippen LogP contribution in [0.2, 0.25) is 0 Å². The van der Waals surface area contributed by atoms with Gasteiger partial charge in [-0.1, -0.05) is 6.07 Å². The summed E-state index contributed by atoms with van der Waals surface area (Å²) in [6, 6.07) is 2.68. The van der Waals surface area contributed by atoms with Gasteiger partial charge in [0.05, 0.1) is 18.5 Å². The van der Waals surface area contributed by atoms with Crippen LogP contribution in [0.1, 0.15) is 15.9 Å². The molecule has 1 aliphatic rings. The number of hydrogen-bond acceptors (Lipinski definition) is 5. The number of methoxy groups -OCH3 is 1. The molecule has 108 valence electrons. The summed E-state index contributed by atoms with van der Waals surface area (Å²) < 4.78 is 6.57. The van der Waals surface area contributed by atoms with Gasteiger partial charge in [0.2, 0.25) is 5.88 Å². The van der Waals surface area contributed by atoms with Crippen LogP contribution in [0.5, 0.6) is 11.6 Å². The van der Waals surface area contributed by atoms with E-state index in [0.29, 0.717) is 24.4 Å². The average molecular weight is 373 g/mol. The summed E-state index contributed by atoms with van der Waals surface area (Å²) in [6.07, 6.45) is 1.85. The predicted octanol–water partition coefficient (Wildman–Crippen LogP) is -2.75. The van der Waals surface area contributed by atoms with Gasteiger partial charge in [-0.2, -0.15) is 0 Å². The first-order chi connectivity index (χ1) is 10.0. The van der Waals surface area contributed by atoms with E-state index >= 15 is 0 Å². The molecule has 7 nitrogen and oxygen atoms in total. The van der Waals surface area contributed by atoms with Crippen molar-refractivity contribution in [3.63, 3.8) is 0 Å². The maximum atomic E-state index is 11.8. The van der Waals surface area contributed by atoms with Crippen LogP contribution < -0.4 is 73.5 Å². The Morgan fingerprint density at radius 2 is 2.18 bits per heavy atom. The number of aromatic carboxylic acids is 1. The summed E-state index contributed by atoms with van der Waals surface area (Å²) in [5, 5.41) is 20.7. The molecule has 0 saturated heterocycles. The molecular weight excluding hydrogens is 362 g/mol. The maximum Gasteiger partial charge on any atom is 1.00 e. The Morgan fingerprint density at radius 3 is 2.82 bits per heavy atom. The predicted molar refractivity (Wildman–Crippen MR) is 70.6 cm³/mol. The Kier molecular flexibility index (Phi) is 5.21. The summed E-state index contributed by atoms with van der Waals surface area (Å²) in [5.41, 5.74) is 0.822. The molecule has 0 saturated carbocycles. The van der Waals surface area contributed by atoms with Crippen LogP contribution >= 0.6 is 0 Å². The first-order valence-electron chi connectivity index (χ1n) is 6.24. The van der Waals surface area contributed by atoms with Gasteiger partial charge >= 0.3 is 64.2 Å². The number of rotatable bonds is 2. The van der Waals surface area contributed by atoms with Gasteiger partial charge < -0.3 is 19.5 Å². The van der Waals surface area contributed by atoms with E-state index < -0.39 is 11.4 Å². The molecule has 1 N–H and O–H groups in total. The monoisotopic (exact) mass is 372 g/mol. The molecule has 0 aromatic carbocycles. The summed E-state index contributed by atoms with van der Waals surface area (Å²) in [7, 11) is 1.35. The molecule has 3 heterocycles. The van der Waals surface area contributed by atoms with Crippen LogP contribution in [0.25, 0.3) is 11.4 Å². The van der Waals surface area contributed by atoms with Crippen molar-refractivity contribution in [2.75, 3.05) is 7.11 Å².